The minimum Gasteiger partial charge on any atom is -0.454 e. The Kier molecular flexibility index (Phi) is 2.27. The fourth-order valence-corrected chi connectivity index (χ4v) is 0.566. The third-order valence-electron chi connectivity index (χ3n) is 1.14. The van der Waals surface area contributed by atoms with Gasteiger partial charge in [0.2, 0.25) is 5.69 Å². The van der Waals surface area contributed by atoms with Crippen LogP contribution >= 0.6 is 0 Å². The summed E-state index contributed by atoms with van der Waals surface area (Å²) in [6.07, 6.45) is 0. The first-order valence-electron chi connectivity index (χ1n) is 3.15. The number of nitrogens with two attached hydrogens (primary N) is 1. The number of hydrogen-bond acceptors (Lipinski definition) is 5. The molecule has 0 aliphatic rings. The van der Waals surface area contributed by atoms with Crippen LogP contribution < -0.4 is 15.4 Å². The molecule has 0 aliphatic carbocycles. The van der Waals surface area contributed by atoms with E-state index in [1.54, 1.807) is 6.92 Å². The van der Waals surface area contributed by atoms with Crippen LogP contribution in [0.1, 0.15) is 5.69 Å². The van der Waals surface area contributed by atoms with E-state index in [9.17, 15) is 5.21 Å². The first-order chi connectivity index (χ1) is 5.25. The lowest BCUT2D eigenvalue weighted by molar-refractivity contribution is -0.806. The van der Waals surface area contributed by atoms with E-state index in [0.29, 0.717) is 18.8 Å². The fourth-order valence-electron chi connectivity index (χ4n) is 0.566. The number of hydrogen-bond donors (Lipinski definition) is 1. The Morgan fingerprint density at radius 2 is 2.55 bits per heavy atom. The monoisotopic (exact) mass is 159 g/mol. The number of aromatic nitrogens is 2. The van der Waals surface area contributed by atoms with E-state index in [2.05, 4.69) is 9.79 Å². The third kappa shape index (κ3) is 1.58. The minimum absolute atomic E-state index is 0.199. The highest BCUT2D eigenvalue weighted by molar-refractivity contribution is 5.07. The van der Waals surface area contributed by atoms with Crippen molar-refractivity contribution in [2.45, 2.75) is 6.92 Å². The Morgan fingerprint density at radius 1 is 1.82 bits per heavy atom. The molecule has 6 nitrogen and oxygen atoms in total. The van der Waals surface area contributed by atoms with Crippen LogP contribution in [0.2, 0.25) is 0 Å². The normalized spacial score (nSPS) is 10.0. The summed E-state index contributed by atoms with van der Waals surface area (Å²) in [4.78, 5) is 0.284. The molecule has 0 saturated carbocycles. The van der Waals surface area contributed by atoms with Crippen LogP contribution in [0, 0.1) is 12.1 Å². The minimum atomic E-state index is 0.199. The predicted molar refractivity (Wildman–Crippen MR) is 34.7 cm³/mol. The van der Waals surface area contributed by atoms with Crippen molar-refractivity contribution in [3.63, 3.8) is 0 Å². The molecule has 0 amide bonds. The van der Waals surface area contributed by atoms with Gasteiger partial charge in [-0.05, 0) is 4.90 Å². The van der Waals surface area contributed by atoms with Crippen LogP contribution in [0.5, 0.6) is 5.88 Å². The topological polar surface area (TPSA) is 88.2 Å². The molecule has 0 bridgehead atoms. The molecule has 0 radical (unpaired) electrons. The van der Waals surface area contributed by atoms with E-state index in [1.165, 1.54) is 0 Å². The second kappa shape index (κ2) is 3.20. The average molecular weight is 159 g/mol. The fraction of sp³-hybridized carbons (Fsp3) is 0.600. The van der Waals surface area contributed by atoms with Crippen molar-refractivity contribution >= 4 is 0 Å². The van der Waals surface area contributed by atoms with Gasteiger partial charge in [-0.3, -0.25) is 4.63 Å². The van der Waals surface area contributed by atoms with E-state index in [1.807, 2.05) is 0 Å². The van der Waals surface area contributed by atoms with E-state index in [-0.39, 0.29) is 10.8 Å². The predicted octanol–water partition coefficient (Wildman–Crippen LogP) is -1.05. The van der Waals surface area contributed by atoms with Gasteiger partial charge in [-0.2, -0.15) is 0 Å². The van der Waals surface area contributed by atoms with Gasteiger partial charge in [0.05, 0.1) is 5.16 Å². The molecule has 62 valence electrons. The van der Waals surface area contributed by atoms with Crippen LogP contribution in [0.25, 0.3) is 0 Å². The molecule has 0 aromatic carbocycles. The lowest BCUT2D eigenvalue weighted by Crippen LogP contribution is -2.25. The summed E-state index contributed by atoms with van der Waals surface area (Å²) < 4.78 is 9.19. The molecule has 6 heteroatoms. The van der Waals surface area contributed by atoms with Crippen molar-refractivity contribution in [3.05, 3.63) is 10.9 Å². The molecule has 0 fully saturated rings. The average Bonchev–Trinajstić information content (AvgIpc) is 2.31. The largest absolute Gasteiger partial charge is 0.454 e. The summed E-state index contributed by atoms with van der Waals surface area (Å²) in [6.45, 7) is 2.26. The maximum Gasteiger partial charge on any atom is 0.397 e. The molecular weight excluding hydrogens is 150 g/mol. The molecule has 0 spiro atoms. The van der Waals surface area contributed by atoms with Crippen LogP contribution in [0.3, 0.4) is 0 Å². The zero-order valence-corrected chi connectivity index (χ0v) is 6.11. The smallest absolute Gasteiger partial charge is 0.397 e. The molecule has 11 heavy (non-hydrogen) atoms. The second-order valence-corrected chi connectivity index (χ2v) is 1.96. The van der Waals surface area contributed by atoms with Crippen molar-refractivity contribution in [1.29, 1.82) is 0 Å². The standard InChI is InChI=1S/C5H9N3O3/c1-4-5(10-3-2-6)7-11-8(4)9/h2-3,6H2,1H3. The summed E-state index contributed by atoms with van der Waals surface area (Å²) in [6, 6.07) is 0. The Morgan fingerprint density at radius 3 is 3.00 bits per heavy atom. The van der Waals surface area contributed by atoms with Gasteiger partial charge in [0.25, 0.3) is 0 Å². The number of ether oxygens (including phenoxy) is 1. The van der Waals surface area contributed by atoms with E-state index in [4.69, 9.17) is 10.5 Å². The molecule has 0 unspecified atom stereocenters. The second-order valence-electron chi connectivity index (χ2n) is 1.96. The maximum absolute atomic E-state index is 10.6. The zero-order valence-electron chi connectivity index (χ0n) is 6.11. The molecule has 2 N–H and O–H groups in total. The summed E-state index contributed by atoms with van der Waals surface area (Å²) in [5.41, 5.74) is 5.47. The van der Waals surface area contributed by atoms with Gasteiger partial charge in [0.1, 0.15) is 6.61 Å². The van der Waals surface area contributed by atoms with Crippen LogP contribution in [-0.4, -0.2) is 18.3 Å². The van der Waals surface area contributed by atoms with Crippen molar-refractivity contribution in [1.82, 2.24) is 5.16 Å². The molecule has 1 aromatic heterocycles. The summed E-state index contributed by atoms with van der Waals surface area (Å²) >= 11 is 0. The molecule has 1 rings (SSSR count). The van der Waals surface area contributed by atoms with Gasteiger partial charge in [-0.1, -0.05) is 0 Å². The molecule has 0 saturated heterocycles. The Hall–Kier alpha value is -1.30. The SMILES string of the molecule is Cc1c(OCCN)no[n+]1[O-]. The summed E-state index contributed by atoms with van der Waals surface area (Å²) in [5.74, 6) is 0.199. The van der Waals surface area contributed by atoms with Gasteiger partial charge >= 0.3 is 5.88 Å². The highest BCUT2D eigenvalue weighted by Crippen LogP contribution is 2.07. The van der Waals surface area contributed by atoms with E-state index < -0.39 is 0 Å². The third-order valence-corrected chi connectivity index (χ3v) is 1.14. The molecule has 1 aromatic rings. The highest BCUT2D eigenvalue weighted by Gasteiger charge is 2.14. The Labute approximate surface area is 63.1 Å². The Balaban J connectivity index is 2.63. The highest BCUT2D eigenvalue weighted by atomic mass is 16.8. The number of nitrogens with zero attached hydrogens (tertiary/aromatic N) is 2. The number of rotatable bonds is 3. The maximum atomic E-state index is 10.6. The van der Waals surface area contributed by atoms with Gasteiger partial charge in [-0.25, -0.2) is 0 Å². The zero-order chi connectivity index (χ0) is 8.27. The van der Waals surface area contributed by atoms with Crippen LogP contribution in [0.15, 0.2) is 4.63 Å². The molecule has 0 atom stereocenters. The van der Waals surface area contributed by atoms with Crippen LogP contribution in [-0.2, 0) is 0 Å². The van der Waals surface area contributed by atoms with E-state index >= 15 is 0 Å². The van der Waals surface area contributed by atoms with E-state index in [0.717, 1.165) is 0 Å². The lowest BCUT2D eigenvalue weighted by Gasteiger charge is -1.93. The van der Waals surface area contributed by atoms with Gasteiger partial charge in [0.15, 0.2) is 0 Å². The lowest BCUT2D eigenvalue weighted by atomic mass is 10.5. The molecule has 1 heterocycles. The van der Waals surface area contributed by atoms with Crippen molar-refractivity contribution in [2.24, 2.45) is 5.73 Å². The summed E-state index contributed by atoms with van der Waals surface area (Å²) in [7, 11) is 0. The van der Waals surface area contributed by atoms with Crippen molar-refractivity contribution in [3.8, 4) is 5.88 Å². The summed E-state index contributed by atoms with van der Waals surface area (Å²) in [5, 5.41) is 13.9. The first kappa shape index (κ1) is 7.80. The first-order valence-corrected chi connectivity index (χ1v) is 3.15. The van der Waals surface area contributed by atoms with Crippen molar-refractivity contribution in [2.75, 3.05) is 13.2 Å². The van der Waals surface area contributed by atoms with Crippen molar-refractivity contribution < 1.29 is 14.3 Å². The van der Waals surface area contributed by atoms with Gasteiger partial charge in [0, 0.05) is 13.5 Å². The van der Waals surface area contributed by atoms with Gasteiger partial charge in [-0.15, -0.1) is 0 Å². The van der Waals surface area contributed by atoms with Gasteiger partial charge < -0.3 is 15.7 Å². The molecular formula is C5H9N3O3. The molecule has 0 aliphatic heterocycles. The Bertz CT molecular complexity index is 235. The van der Waals surface area contributed by atoms with Crippen LogP contribution in [0.4, 0.5) is 0 Å². The quantitative estimate of drug-likeness (QED) is 0.569.